The molecule has 14 heavy (non-hydrogen) atoms. The fraction of sp³-hybridized carbons (Fsp3) is 0.900. The molecule has 1 aliphatic heterocycles. The van der Waals surface area contributed by atoms with Gasteiger partial charge in [-0.05, 0) is 33.1 Å². The van der Waals surface area contributed by atoms with Crippen LogP contribution in [0.5, 0.6) is 0 Å². The van der Waals surface area contributed by atoms with Crippen LogP contribution in [0.15, 0.2) is 0 Å². The van der Waals surface area contributed by atoms with Gasteiger partial charge in [-0.15, -0.1) is 0 Å². The summed E-state index contributed by atoms with van der Waals surface area (Å²) >= 11 is 0. The van der Waals surface area contributed by atoms with Crippen LogP contribution in [0.2, 0.25) is 0 Å². The topological polar surface area (TPSA) is 58.4 Å². The summed E-state index contributed by atoms with van der Waals surface area (Å²) < 4.78 is 0. The Morgan fingerprint density at radius 3 is 2.50 bits per heavy atom. The van der Waals surface area contributed by atoms with Crippen molar-refractivity contribution in [1.82, 2.24) is 10.2 Å². The zero-order valence-electron chi connectivity index (χ0n) is 8.92. The van der Waals surface area contributed by atoms with Crippen LogP contribution in [0.4, 0.5) is 4.79 Å². The number of likely N-dealkylation sites (tertiary alicyclic amines) is 1. The molecular formula is C10H19N3O. The Morgan fingerprint density at radius 1 is 1.43 bits per heavy atom. The largest absolute Gasteiger partial charge is 0.335 e. The van der Waals surface area contributed by atoms with Crippen molar-refractivity contribution in [1.29, 1.82) is 0 Å². The highest BCUT2D eigenvalue weighted by molar-refractivity contribution is 5.76. The van der Waals surface area contributed by atoms with Gasteiger partial charge in [-0.1, -0.05) is 0 Å². The molecule has 1 aliphatic carbocycles. The molecule has 2 rings (SSSR count). The molecule has 1 heterocycles. The molecule has 1 unspecified atom stereocenters. The van der Waals surface area contributed by atoms with Crippen LogP contribution in [0.1, 0.15) is 33.1 Å². The molecule has 4 heteroatoms. The van der Waals surface area contributed by atoms with E-state index in [1.807, 2.05) is 18.7 Å². The van der Waals surface area contributed by atoms with Crippen LogP contribution in [0.3, 0.4) is 0 Å². The van der Waals surface area contributed by atoms with Crippen molar-refractivity contribution in [3.8, 4) is 0 Å². The first-order valence-corrected chi connectivity index (χ1v) is 5.35. The first kappa shape index (κ1) is 9.77. The Balaban J connectivity index is 1.99. The standard InChI is InChI=1S/C10H19N3O/c1-10(2)8(11)5-6-13(10)9(14)12-7-3-4-7/h7-8H,3-6,11H2,1-2H3,(H,12,14). The molecule has 0 aromatic carbocycles. The maximum absolute atomic E-state index is 11.8. The predicted octanol–water partition coefficient (Wildman–Crippen LogP) is 0.670. The molecule has 0 aromatic rings. The molecule has 2 fully saturated rings. The van der Waals surface area contributed by atoms with Gasteiger partial charge in [-0.25, -0.2) is 4.79 Å². The van der Waals surface area contributed by atoms with E-state index >= 15 is 0 Å². The summed E-state index contributed by atoms with van der Waals surface area (Å²) in [4.78, 5) is 13.7. The number of urea groups is 1. The number of carbonyl (C=O) groups excluding carboxylic acids is 1. The lowest BCUT2D eigenvalue weighted by molar-refractivity contribution is 0.159. The van der Waals surface area contributed by atoms with Gasteiger partial charge < -0.3 is 16.0 Å². The number of carbonyl (C=O) groups is 1. The van der Waals surface area contributed by atoms with Crippen molar-refractivity contribution in [3.63, 3.8) is 0 Å². The highest BCUT2D eigenvalue weighted by atomic mass is 16.2. The maximum atomic E-state index is 11.8. The van der Waals surface area contributed by atoms with Crippen molar-refractivity contribution in [2.45, 2.75) is 50.7 Å². The number of rotatable bonds is 1. The molecule has 1 saturated heterocycles. The lowest BCUT2D eigenvalue weighted by Crippen LogP contribution is -2.54. The van der Waals surface area contributed by atoms with Crippen LogP contribution in [0, 0.1) is 0 Å². The van der Waals surface area contributed by atoms with E-state index in [4.69, 9.17) is 5.73 Å². The van der Waals surface area contributed by atoms with E-state index in [-0.39, 0.29) is 17.6 Å². The smallest absolute Gasteiger partial charge is 0.318 e. The SMILES string of the molecule is CC1(C)C(N)CCN1C(=O)NC1CC1. The summed E-state index contributed by atoms with van der Waals surface area (Å²) in [6.45, 7) is 4.86. The zero-order chi connectivity index (χ0) is 10.3. The van der Waals surface area contributed by atoms with E-state index in [1.54, 1.807) is 0 Å². The lowest BCUT2D eigenvalue weighted by Gasteiger charge is -2.34. The Kier molecular flexibility index (Phi) is 2.18. The lowest BCUT2D eigenvalue weighted by atomic mass is 9.97. The minimum Gasteiger partial charge on any atom is -0.335 e. The van der Waals surface area contributed by atoms with Crippen LogP contribution < -0.4 is 11.1 Å². The third kappa shape index (κ3) is 1.59. The molecule has 3 N–H and O–H groups in total. The van der Waals surface area contributed by atoms with Crippen molar-refractivity contribution in [2.75, 3.05) is 6.54 Å². The third-order valence-electron chi connectivity index (χ3n) is 3.42. The summed E-state index contributed by atoms with van der Waals surface area (Å²) in [5.74, 6) is 0. The predicted molar refractivity (Wildman–Crippen MR) is 54.9 cm³/mol. The van der Waals surface area contributed by atoms with Crippen LogP contribution in [0.25, 0.3) is 0 Å². The van der Waals surface area contributed by atoms with Gasteiger partial charge in [0.25, 0.3) is 0 Å². The number of nitrogens with one attached hydrogen (secondary N) is 1. The van der Waals surface area contributed by atoms with Crippen LogP contribution >= 0.6 is 0 Å². The Hall–Kier alpha value is -0.770. The normalized spacial score (nSPS) is 30.5. The van der Waals surface area contributed by atoms with Crippen molar-refractivity contribution < 1.29 is 4.79 Å². The van der Waals surface area contributed by atoms with Gasteiger partial charge >= 0.3 is 6.03 Å². The molecule has 1 saturated carbocycles. The molecule has 0 bridgehead atoms. The Labute approximate surface area is 84.8 Å². The average molecular weight is 197 g/mol. The quantitative estimate of drug-likeness (QED) is 0.649. The van der Waals surface area contributed by atoms with Crippen LogP contribution in [-0.2, 0) is 0 Å². The van der Waals surface area contributed by atoms with Gasteiger partial charge in [0.2, 0.25) is 0 Å². The molecule has 0 aromatic heterocycles. The highest BCUT2D eigenvalue weighted by Crippen LogP contribution is 2.28. The monoisotopic (exact) mass is 197 g/mol. The van der Waals surface area contributed by atoms with Gasteiger partial charge in [-0.3, -0.25) is 0 Å². The van der Waals surface area contributed by atoms with Gasteiger partial charge in [0.05, 0.1) is 5.54 Å². The average Bonchev–Trinajstić information content (AvgIpc) is 2.83. The first-order chi connectivity index (χ1) is 6.51. The summed E-state index contributed by atoms with van der Waals surface area (Å²) in [7, 11) is 0. The highest BCUT2D eigenvalue weighted by Gasteiger charge is 2.42. The second-order valence-corrected chi connectivity index (χ2v) is 4.92. The zero-order valence-corrected chi connectivity index (χ0v) is 8.92. The van der Waals surface area contributed by atoms with Gasteiger partial charge in [0.15, 0.2) is 0 Å². The minimum atomic E-state index is -0.195. The number of nitrogens with zero attached hydrogens (tertiary/aromatic N) is 1. The molecular weight excluding hydrogens is 178 g/mol. The van der Waals surface area contributed by atoms with Crippen molar-refractivity contribution in [2.24, 2.45) is 5.73 Å². The molecule has 80 valence electrons. The fourth-order valence-electron chi connectivity index (χ4n) is 1.95. The van der Waals surface area contributed by atoms with E-state index in [0.717, 1.165) is 25.8 Å². The maximum Gasteiger partial charge on any atom is 0.318 e. The van der Waals surface area contributed by atoms with E-state index in [0.29, 0.717) is 6.04 Å². The molecule has 2 amide bonds. The molecule has 2 aliphatic rings. The molecule has 4 nitrogen and oxygen atoms in total. The van der Waals surface area contributed by atoms with E-state index in [9.17, 15) is 4.79 Å². The van der Waals surface area contributed by atoms with Gasteiger partial charge in [0.1, 0.15) is 0 Å². The van der Waals surface area contributed by atoms with Crippen molar-refractivity contribution in [3.05, 3.63) is 0 Å². The second-order valence-electron chi connectivity index (χ2n) is 4.92. The third-order valence-corrected chi connectivity index (χ3v) is 3.42. The molecule has 0 radical (unpaired) electrons. The summed E-state index contributed by atoms with van der Waals surface area (Å²) in [6, 6.07) is 0.591. The van der Waals surface area contributed by atoms with Gasteiger partial charge in [0, 0.05) is 18.6 Å². The molecule has 0 spiro atoms. The Morgan fingerprint density at radius 2 is 2.07 bits per heavy atom. The first-order valence-electron chi connectivity index (χ1n) is 5.35. The Bertz CT molecular complexity index is 248. The summed E-state index contributed by atoms with van der Waals surface area (Å²) in [5, 5.41) is 3.00. The second kappa shape index (κ2) is 3.12. The van der Waals surface area contributed by atoms with Crippen molar-refractivity contribution >= 4 is 6.03 Å². The van der Waals surface area contributed by atoms with Crippen LogP contribution in [-0.4, -0.2) is 35.1 Å². The molecule has 1 atom stereocenters. The van der Waals surface area contributed by atoms with E-state index in [1.165, 1.54) is 0 Å². The summed E-state index contributed by atoms with van der Waals surface area (Å²) in [5.41, 5.74) is 5.77. The number of amides is 2. The number of hydrogen-bond acceptors (Lipinski definition) is 2. The minimum absolute atomic E-state index is 0.0606. The fourth-order valence-corrected chi connectivity index (χ4v) is 1.95. The van der Waals surface area contributed by atoms with E-state index in [2.05, 4.69) is 5.32 Å². The van der Waals surface area contributed by atoms with E-state index < -0.39 is 0 Å². The number of hydrogen-bond donors (Lipinski definition) is 2. The summed E-state index contributed by atoms with van der Waals surface area (Å²) in [6.07, 6.45) is 3.17. The van der Waals surface area contributed by atoms with Gasteiger partial charge in [-0.2, -0.15) is 0 Å². The number of nitrogens with two attached hydrogens (primary N) is 1.